The van der Waals surface area contributed by atoms with Gasteiger partial charge in [-0.05, 0) is 42.0 Å². The second kappa shape index (κ2) is 9.58. The molecule has 1 N–H and O–H groups in total. The van der Waals surface area contributed by atoms with Crippen molar-refractivity contribution < 1.29 is 19.2 Å². The molecule has 0 saturated heterocycles. The highest BCUT2D eigenvalue weighted by Gasteiger charge is 2.06. The summed E-state index contributed by atoms with van der Waals surface area (Å²) in [6, 6.07) is 12.6. The number of nitrogens with zero attached hydrogens (tertiary/aromatic N) is 2. The lowest BCUT2D eigenvalue weighted by Crippen LogP contribution is -2.24. The van der Waals surface area contributed by atoms with E-state index in [0.717, 1.165) is 5.56 Å². The van der Waals surface area contributed by atoms with Gasteiger partial charge in [0.1, 0.15) is 18.1 Å². The maximum Gasteiger partial charge on any atom is 0.277 e. The van der Waals surface area contributed by atoms with E-state index < -0.39 is 10.8 Å². The lowest BCUT2D eigenvalue weighted by molar-refractivity contribution is -0.384. The molecular weight excluding hydrogens is 338 g/mol. The maximum absolute atomic E-state index is 11.7. The lowest BCUT2D eigenvalue weighted by atomic mass is 10.2. The van der Waals surface area contributed by atoms with Gasteiger partial charge in [0, 0.05) is 12.1 Å². The third-order valence-corrected chi connectivity index (χ3v) is 3.07. The van der Waals surface area contributed by atoms with E-state index in [4.69, 9.17) is 9.47 Å². The molecule has 0 aliphatic carbocycles. The standard InChI is InChI=1S/C18H17N3O5/c1-2-11-25-16-7-3-14(4-8-16)12-19-20-18(22)13-26-17-9-5-15(6-10-17)21(23)24/h2-10,12H,1,11,13H2,(H,20,22)/b19-12-. The summed E-state index contributed by atoms with van der Waals surface area (Å²) in [7, 11) is 0. The molecule has 2 aromatic carbocycles. The van der Waals surface area contributed by atoms with Gasteiger partial charge in [0.2, 0.25) is 0 Å². The van der Waals surface area contributed by atoms with E-state index in [0.29, 0.717) is 18.1 Å². The number of hydrogen-bond acceptors (Lipinski definition) is 6. The van der Waals surface area contributed by atoms with Crippen LogP contribution in [-0.4, -0.2) is 30.3 Å². The summed E-state index contributed by atoms with van der Waals surface area (Å²) >= 11 is 0. The van der Waals surface area contributed by atoms with Crippen LogP contribution in [0, 0.1) is 10.1 Å². The Balaban J connectivity index is 1.76. The molecule has 0 heterocycles. The number of nitro groups is 1. The SMILES string of the molecule is C=CCOc1ccc(/C=N\NC(=O)COc2ccc([N+](=O)[O-])cc2)cc1. The molecule has 8 heteroatoms. The molecule has 8 nitrogen and oxygen atoms in total. The second-order valence-corrected chi connectivity index (χ2v) is 5.00. The van der Waals surface area contributed by atoms with Crippen LogP contribution >= 0.6 is 0 Å². The van der Waals surface area contributed by atoms with Crippen molar-refractivity contribution in [2.45, 2.75) is 0 Å². The molecule has 0 unspecified atom stereocenters. The molecule has 0 aromatic heterocycles. The van der Waals surface area contributed by atoms with Gasteiger partial charge >= 0.3 is 0 Å². The van der Waals surface area contributed by atoms with E-state index in [1.165, 1.54) is 30.5 Å². The predicted octanol–water partition coefficient (Wildman–Crippen LogP) is 2.69. The molecule has 1 amide bonds. The van der Waals surface area contributed by atoms with Crippen LogP contribution in [0.2, 0.25) is 0 Å². The number of non-ortho nitro benzene ring substituents is 1. The summed E-state index contributed by atoms with van der Waals surface area (Å²) in [6.07, 6.45) is 3.14. The van der Waals surface area contributed by atoms with E-state index in [1.54, 1.807) is 30.3 Å². The molecule has 134 valence electrons. The van der Waals surface area contributed by atoms with Crippen LogP contribution in [0.3, 0.4) is 0 Å². The molecule has 0 spiro atoms. The van der Waals surface area contributed by atoms with E-state index in [9.17, 15) is 14.9 Å². The lowest BCUT2D eigenvalue weighted by Gasteiger charge is -2.04. The molecule has 0 aliphatic rings. The topological polar surface area (TPSA) is 103 Å². The molecule has 0 atom stereocenters. The van der Waals surface area contributed by atoms with Crippen LogP contribution < -0.4 is 14.9 Å². The van der Waals surface area contributed by atoms with Gasteiger partial charge in [-0.1, -0.05) is 12.7 Å². The van der Waals surface area contributed by atoms with Gasteiger partial charge in [0.25, 0.3) is 11.6 Å². The van der Waals surface area contributed by atoms with Crippen molar-refractivity contribution in [1.29, 1.82) is 0 Å². The monoisotopic (exact) mass is 355 g/mol. The predicted molar refractivity (Wildman–Crippen MR) is 96.5 cm³/mol. The van der Waals surface area contributed by atoms with Crippen LogP contribution in [0.25, 0.3) is 0 Å². The number of nitro benzene ring substituents is 1. The van der Waals surface area contributed by atoms with Gasteiger partial charge in [-0.3, -0.25) is 14.9 Å². The van der Waals surface area contributed by atoms with Crippen molar-refractivity contribution in [3.8, 4) is 11.5 Å². The third-order valence-electron chi connectivity index (χ3n) is 3.07. The van der Waals surface area contributed by atoms with Crippen molar-refractivity contribution in [1.82, 2.24) is 5.43 Å². The van der Waals surface area contributed by atoms with Crippen LogP contribution in [0.5, 0.6) is 11.5 Å². The minimum absolute atomic E-state index is 0.0488. The number of carbonyl (C=O) groups is 1. The number of hydrogen-bond donors (Lipinski definition) is 1. The highest BCUT2D eigenvalue weighted by Crippen LogP contribution is 2.17. The van der Waals surface area contributed by atoms with Crippen molar-refractivity contribution in [3.05, 3.63) is 76.9 Å². The molecule has 26 heavy (non-hydrogen) atoms. The molecule has 0 aliphatic heterocycles. The summed E-state index contributed by atoms with van der Waals surface area (Å²) in [5.74, 6) is 0.609. The first kappa shape index (κ1) is 18.7. The number of benzene rings is 2. The number of rotatable bonds is 9. The zero-order valence-corrected chi connectivity index (χ0v) is 13.8. The Morgan fingerprint density at radius 1 is 1.12 bits per heavy atom. The summed E-state index contributed by atoms with van der Waals surface area (Å²) in [5, 5.41) is 14.4. The smallest absolute Gasteiger partial charge is 0.277 e. The minimum Gasteiger partial charge on any atom is -0.490 e. The molecule has 2 aromatic rings. The van der Waals surface area contributed by atoms with Gasteiger partial charge in [-0.25, -0.2) is 5.43 Å². The zero-order valence-electron chi connectivity index (χ0n) is 13.8. The highest BCUT2D eigenvalue weighted by atomic mass is 16.6. The largest absolute Gasteiger partial charge is 0.490 e. The highest BCUT2D eigenvalue weighted by molar-refractivity contribution is 5.83. The minimum atomic E-state index is -0.511. The van der Waals surface area contributed by atoms with Gasteiger partial charge in [-0.2, -0.15) is 5.10 Å². The van der Waals surface area contributed by atoms with Crippen molar-refractivity contribution >= 4 is 17.8 Å². The quantitative estimate of drug-likeness (QED) is 0.322. The number of amides is 1. The Kier molecular flexibility index (Phi) is 6.87. The average Bonchev–Trinajstić information content (AvgIpc) is 2.66. The Labute approximate surface area is 149 Å². The Morgan fingerprint density at radius 2 is 1.73 bits per heavy atom. The van der Waals surface area contributed by atoms with Crippen LogP contribution in [0.4, 0.5) is 5.69 Å². The summed E-state index contributed by atoms with van der Waals surface area (Å²) in [5.41, 5.74) is 3.07. The number of hydrazone groups is 1. The zero-order chi connectivity index (χ0) is 18.8. The summed E-state index contributed by atoms with van der Waals surface area (Å²) < 4.78 is 10.6. The van der Waals surface area contributed by atoms with Crippen LogP contribution in [-0.2, 0) is 4.79 Å². The Morgan fingerprint density at radius 3 is 2.35 bits per heavy atom. The van der Waals surface area contributed by atoms with Crippen LogP contribution in [0.1, 0.15) is 5.56 Å². The molecular formula is C18H17N3O5. The fraction of sp³-hybridized carbons (Fsp3) is 0.111. The molecule has 0 saturated carbocycles. The number of ether oxygens (including phenoxy) is 2. The maximum atomic E-state index is 11.7. The van der Waals surface area contributed by atoms with Crippen molar-refractivity contribution in [2.75, 3.05) is 13.2 Å². The Hall–Kier alpha value is -3.68. The second-order valence-electron chi connectivity index (χ2n) is 5.00. The van der Waals surface area contributed by atoms with E-state index in [1.807, 2.05) is 0 Å². The first-order valence-corrected chi connectivity index (χ1v) is 7.61. The molecule has 0 bridgehead atoms. The normalized spacial score (nSPS) is 10.3. The first-order valence-electron chi connectivity index (χ1n) is 7.61. The number of carbonyl (C=O) groups excluding carboxylic acids is 1. The fourth-order valence-corrected chi connectivity index (χ4v) is 1.83. The molecule has 0 radical (unpaired) electrons. The van der Waals surface area contributed by atoms with Crippen molar-refractivity contribution in [3.63, 3.8) is 0 Å². The van der Waals surface area contributed by atoms with E-state index in [2.05, 4.69) is 17.1 Å². The van der Waals surface area contributed by atoms with Gasteiger partial charge in [0.15, 0.2) is 6.61 Å². The third kappa shape index (κ3) is 6.08. The molecule has 2 rings (SSSR count). The first-order chi connectivity index (χ1) is 12.6. The van der Waals surface area contributed by atoms with E-state index >= 15 is 0 Å². The molecule has 0 fully saturated rings. The fourth-order valence-electron chi connectivity index (χ4n) is 1.83. The van der Waals surface area contributed by atoms with Gasteiger partial charge in [-0.15, -0.1) is 0 Å². The summed E-state index contributed by atoms with van der Waals surface area (Å²) in [6.45, 7) is 3.74. The van der Waals surface area contributed by atoms with E-state index in [-0.39, 0.29) is 12.3 Å². The van der Waals surface area contributed by atoms with Crippen molar-refractivity contribution in [2.24, 2.45) is 5.10 Å². The van der Waals surface area contributed by atoms with Gasteiger partial charge < -0.3 is 9.47 Å². The average molecular weight is 355 g/mol. The van der Waals surface area contributed by atoms with Crippen LogP contribution in [0.15, 0.2) is 66.3 Å². The Bertz CT molecular complexity index is 785. The van der Waals surface area contributed by atoms with Gasteiger partial charge in [0.05, 0.1) is 11.1 Å². The summed E-state index contributed by atoms with van der Waals surface area (Å²) in [4.78, 5) is 21.7. The number of nitrogens with one attached hydrogen (secondary N) is 1.